The molecular formula is C77H148O6. The van der Waals surface area contributed by atoms with E-state index in [9.17, 15) is 14.4 Å². The van der Waals surface area contributed by atoms with Crippen LogP contribution in [0.2, 0.25) is 0 Å². The lowest BCUT2D eigenvalue weighted by atomic mass is 10.0. The summed E-state index contributed by atoms with van der Waals surface area (Å²) in [6.07, 6.45) is 88.4. The Bertz CT molecular complexity index is 1300. The van der Waals surface area contributed by atoms with Gasteiger partial charge in [0.15, 0.2) is 6.10 Å². The molecule has 0 saturated heterocycles. The van der Waals surface area contributed by atoms with Gasteiger partial charge in [-0.1, -0.05) is 392 Å². The molecule has 1 unspecified atom stereocenters. The predicted molar refractivity (Wildman–Crippen MR) is 363 cm³/mol. The average molecular weight is 1170 g/mol. The molecule has 0 fully saturated rings. The van der Waals surface area contributed by atoms with E-state index in [4.69, 9.17) is 14.2 Å². The van der Waals surface area contributed by atoms with Gasteiger partial charge in [0.05, 0.1) is 0 Å². The van der Waals surface area contributed by atoms with Crippen molar-refractivity contribution < 1.29 is 28.6 Å². The second-order valence-electron chi connectivity index (χ2n) is 26.3. The molecule has 0 aliphatic carbocycles. The molecule has 492 valence electrons. The zero-order valence-corrected chi connectivity index (χ0v) is 56.8. The Labute approximate surface area is 520 Å². The third kappa shape index (κ3) is 70.8. The summed E-state index contributed by atoms with van der Waals surface area (Å²) < 4.78 is 17.0. The smallest absolute Gasteiger partial charge is 0.306 e. The van der Waals surface area contributed by atoms with Crippen molar-refractivity contribution in [1.29, 1.82) is 0 Å². The van der Waals surface area contributed by atoms with Gasteiger partial charge in [-0.15, -0.1) is 0 Å². The minimum absolute atomic E-state index is 0.0655. The monoisotopic (exact) mass is 1170 g/mol. The first-order valence-corrected chi connectivity index (χ1v) is 38.2. The number of esters is 3. The van der Waals surface area contributed by atoms with E-state index in [2.05, 4.69) is 32.9 Å². The molecular weight excluding hydrogens is 1020 g/mol. The van der Waals surface area contributed by atoms with Crippen molar-refractivity contribution in [3.8, 4) is 0 Å². The summed E-state index contributed by atoms with van der Waals surface area (Å²) in [7, 11) is 0. The van der Waals surface area contributed by atoms with Crippen LogP contribution in [0, 0.1) is 0 Å². The minimum atomic E-state index is -0.770. The SMILES string of the molecule is CCCCCCCCC/C=C\CCCCCCCC(=O)OCC(COC(=O)CCCCCCCCCCCCCCCCCCCCCCCCCCCCCCCCCC)OC(=O)CCCCCCCCCCCCCCCCCCC. The van der Waals surface area contributed by atoms with Crippen LogP contribution in [0.4, 0.5) is 0 Å². The fourth-order valence-electron chi connectivity index (χ4n) is 12.0. The van der Waals surface area contributed by atoms with E-state index in [0.717, 1.165) is 64.2 Å². The van der Waals surface area contributed by atoms with Crippen LogP contribution in [0.15, 0.2) is 12.2 Å². The van der Waals surface area contributed by atoms with Gasteiger partial charge in [0.1, 0.15) is 13.2 Å². The largest absolute Gasteiger partial charge is 0.462 e. The molecule has 0 heterocycles. The number of rotatable bonds is 72. The third-order valence-corrected chi connectivity index (χ3v) is 17.8. The molecule has 6 nitrogen and oxygen atoms in total. The van der Waals surface area contributed by atoms with Crippen LogP contribution in [0.1, 0.15) is 445 Å². The van der Waals surface area contributed by atoms with E-state index in [-0.39, 0.29) is 31.1 Å². The highest BCUT2D eigenvalue weighted by Gasteiger charge is 2.20. The Balaban J connectivity index is 4.13. The van der Waals surface area contributed by atoms with Crippen molar-refractivity contribution in [2.45, 2.75) is 451 Å². The van der Waals surface area contributed by atoms with Gasteiger partial charge in [-0.25, -0.2) is 0 Å². The van der Waals surface area contributed by atoms with Crippen LogP contribution in [0.5, 0.6) is 0 Å². The van der Waals surface area contributed by atoms with E-state index in [0.29, 0.717) is 19.3 Å². The van der Waals surface area contributed by atoms with Crippen molar-refractivity contribution in [1.82, 2.24) is 0 Å². The zero-order chi connectivity index (χ0) is 59.9. The molecule has 0 aliphatic heterocycles. The lowest BCUT2D eigenvalue weighted by Gasteiger charge is -2.18. The molecule has 83 heavy (non-hydrogen) atoms. The van der Waals surface area contributed by atoms with E-state index in [1.165, 1.54) is 340 Å². The standard InChI is InChI=1S/C77H148O6/c1-4-7-10-13-16-19-22-25-28-31-32-33-34-35-36-37-38-39-40-41-42-43-44-45-47-49-52-55-58-61-64-67-70-76(79)82-73-74(72-81-75(78)69-66-63-60-57-54-51-48-30-27-24-21-18-15-12-9-6-3)83-77(80)71-68-65-62-59-56-53-50-46-29-26-23-20-17-14-11-8-5-2/h30,48,74H,4-29,31-47,49-73H2,1-3H3/b48-30-. The van der Waals surface area contributed by atoms with Gasteiger partial charge in [-0.2, -0.15) is 0 Å². The normalized spacial score (nSPS) is 12.0. The maximum Gasteiger partial charge on any atom is 0.306 e. The fraction of sp³-hybridized carbons (Fsp3) is 0.935. The summed E-state index contributed by atoms with van der Waals surface area (Å²) in [5.41, 5.74) is 0. The number of carbonyl (C=O) groups excluding carboxylic acids is 3. The van der Waals surface area contributed by atoms with Gasteiger partial charge in [-0.05, 0) is 44.9 Å². The highest BCUT2D eigenvalue weighted by Crippen LogP contribution is 2.20. The highest BCUT2D eigenvalue weighted by molar-refractivity contribution is 5.71. The Kier molecular flexibility index (Phi) is 71.0. The molecule has 0 N–H and O–H groups in total. The molecule has 0 rings (SSSR count). The summed E-state index contributed by atoms with van der Waals surface area (Å²) in [6.45, 7) is 6.73. The number of ether oxygens (including phenoxy) is 3. The van der Waals surface area contributed by atoms with Gasteiger partial charge in [0, 0.05) is 19.3 Å². The van der Waals surface area contributed by atoms with Crippen LogP contribution in [-0.2, 0) is 28.6 Å². The predicted octanol–water partition coefficient (Wildman–Crippen LogP) is 26.3. The first kappa shape index (κ1) is 81.2. The summed E-state index contributed by atoms with van der Waals surface area (Å²) in [6, 6.07) is 0. The van der Waals surface area contributed by atoms with Gasteiger partial charge in [-0.3, -0.25) is 14.4 Å². The first-order valence-electron chi connectivity index (χ1n) is 38.2. The van der Waals surface area contributed by atoms with Crippen molar-refractivity contribution >= 4 is 17.9 Å². The van der Waals surface area contributed by atoms with Gasteiger partial charge >= 0.3 is 17.9 Å². The molecule has 0 aromatic rings. The van der Waals surface area contributed by atoms with Gasteiger partial charge in [0.25, 0.3) is 0 Å². The lowest BCUT2D eigenvalue weighted by molar-refractivity contribution is -0.167. The van der Waals surface area contributed by atoms with Crippen molar-refractivity contribution in [3.05, 3.63) is 12.2 Å². The van der Waals surface area contributed by atoms with Crippen LogP contribution in [0.25, 0.3) is 0 Å². The Morgan fingerprint density at radius 2 is 0.398 bits per heavy atom. The summed E-state index contributed by atoms with van der Waals surface area (Å²) >= 11 is 0. The van der Waals surface area contributed by atoms with Crippen LogP contribution in [-0.4, -0.2) is 37.2 Å². The van der Waals surface area contributed by atoms with Gasteiger partial charge < -0.3 is 14.2 Å². The molecule has 0 spiro atoms. The zero-order valence-electron chi connectivity index (χ0n) is 56.8. The fourth-order valence-corrected chi connectivity index (χ4v) is 12.0. The third-order valence-electron chi connectivity index (χ3n) is 17.8. The first-order chi connectivity index (χ1) is 41.0. The van der Waals surface area contributed by atoms with Crippen LogP contribution >= 0.6 is 0 Å². The second-order valence-corrected chi connectivity index (χ2v) is 26.3. The Morgan fingerprint density at radius 3 is 0.602 bits per heavy atom. The molecule has 0 amide bonds. The molecule has 0 saturated carbocycles. The summed E-state index contributed by atoms with van der Waals surface area (Å²) in [4.78, 5) is 38.5. The van der Waals surface area contributed by atoms with E-state index in [1.807, 2.05) is 0 Å². The number of allylic oxidation sites excluding steroid dienone is 2. The van der Waals surface area contributed by atoms with E-state index >= 15 is 0 Å². The lowest BCUT2D eigenvalue weighted by Crippen LogP contribution is -2.30. The molecule has 6 heteroatoms. The number of carbonyl (C=O) groups is 3. The second kappa shape index (κ2) is 72.6. The topological polar surface area (TPSA) is 78.9 Å². The molecule has 0 bridgehead atoms. The van der Waals surface area contributed by atoms with Crippen molar-refractivity contribution in [3.63, 3.8) is 0 Å². The Hall–Kier alpha value is -1.85. The molecule has 0 aliphatic rings. The number of hydrogen-bond acceptors (Lipinski definition) is 6. The molecule has 0 aromatic heterocycles. The van der Waals surface area contributed by atoms with E-state index in [1.54, 1.807) is 0 Å². The molecule has 0 aromatic carbocycles. The van der Waals surface area contributed by atoms with E-state index < -0.39 is 6.10 Å². The van der Waals surface area contributed by atoms with Crippen molar-refractivity contribution in [2.75, 3.05) is 13.2 Å². The molecule has 1 atom stereocenters. The average Bonchev–Trinajstić information content (AvgIpc) is 3.49. The maximum atomic E-state index is 13.0. The van der Waals surface area contributed by atoms with Crippen molar-refractivity contribution in [2.24, 2.45) is 0 Å². The van der Waals surface area contributed by atoms with Crippen LogP contribution in [0.3, 0.4) is 0 Å². The summed E-state index contributed by atoms with van der Waals surface area (Å²) in [5.74, 6) is -0.836. The minimum Gasteiger partial charge on any atom is -0.462 e. The highest BCUT2D eigenvalue weighted by atomic mass is 16.6. The number of unbranched alkanes of at least 4 members (excludes halogenated alkanes) is 59. The maximum absolute atomic E-state index is 13.0. The van der Waals surface area contributed by atoms with Gasteiger partial charge in [0.2, 0.25) is 0 Å². The molecule has 0 radical (unpaired) electrons. The quantitative estimate of drug-likeness (QED) is 0.0261. The van der Waals surface area contributed by atoms with Crippen LogP contribution < -0.4 is 0 Å². The number of hydrogen-bond donors (Lipinski definition) is 0. The Morgan fingerprint density at radius 1 is 0.229 bits per heavy atom. The summed E-state index contributed by atoms with van der Waals surface area (Å²) in [5, 5.41) is 0.